The minimum absolute atomic E-state index is 0.0376. The van der Waals surface area contributed by atoms with Crippen LogP contribution in [-0.2, 0) is 16.6 Å². The number of carbonyl (C=O) groups is 1. The highest BCUT2D eigenvalue weighted by molar-refractivity contribution is 7.98. The van der Waals surface area contributed by atoms with Gasteiger partial charge in [-0.15, -0.1) is 11.8 Å². The second kappa shape index (κ2) is 12.2. The van der Waals surface area contributed by atoms with Gasteiger partial charge in [0.25, 0.3) is 5.91 Å². The first kappa shape index (κ1) is 27.9. The van der Waals surface area contributed by atoms with Gasteiger partial charge in [0.15, 0.2) is 11.5 Å². The Labute approximate surface area is 227 Å². The van der Waals surface area contributed by atoms with Gasteiger partial charge in [0.1, 0.15) is 0 Å². The molecule has 1 aromatic heterocycles. The van der Waals surface area contributed by atoms with Crippen LogP contribution in [-0.4, -0.2) is 74.3 Å². The van der Waals surface area contributed by atoms with E-state index in [2.05, 4.69) is 10.1 Å². The number of hydrogen-bond acceptors (Lipinski definition) is 9. The summed E-state index contributed by atoms with van der Waals surface area (Å²) in [6.45, 7) is 1.23. The number of sulfonamides is 1. The van der Waals surface area contributed by atoms with Crippen molar-refractivity contribution in [1.82, 2.24) is 19.3 Å². The van der Waals surface area contributed by atoms with Crippen molar-refractivity contribution >= 4 is 27.7 Å². The van der Waals surface area contributed by atoms with E-state index in [1.807, 2.05) is 11.2 Å². The average Bonchev–Trinajstić information content (AvgIpc) is 3.23. The highest BCUT2D eigenvalue weighted by Gasteiger charge is 2.27. The lowest BCUT2D eigenvalue weighted by atomic mass is 10.2. The molecule has 1 saturated heterocycles. The summed E-state index contributed by atoms with van der Waals surface area (Å²) >= 11 is 1.42. The second-order valence-electron chi connectivity index (χ2n) is 8.91. The zero-order valence-electron chi connectivity index (χ0n) is 22.0. The topological polar surface area (TPSA) is 115 Å². The van der Waals surface area contributed by atoms with E-state index in [0.717, 1.165) is 34.9 Å². The normalized spacial score (nSPS) is 14.4. The molecule has 0 radical (unpaired) electrons. The van der Waals surface area contributed by atoms with Gasteiger partial charge in [-0.2, -0.15) is 9.29 Å². The first-order valence-electron chi connectivity index (χ1n) is 12.3. The summed E-state index contributed by atoms with van der Waals surface area (Å²) in [4.78, 5) is 20.3. The van der Waals surface area contributed by atoms with Crippen LogP contribution in [0.1, 0.15) is 41.9 Å². The summed E-state index contributed by atoms with van der Waals surface area (Å²) in [5.74, 6) is 1.36. The molecule has 0 unspecified atom stereocenters. The first-order chi connectivity index (χ1) is 18.3. The molecular weight excluding hydrogens is 528 g/mol. The van der Waals surface area contributed by atoms with E-state index < -0.39 is 10.0 Å². The van der Waals surface area contributed by atoms with E-state index in [1.165, 1.54) is 38.1 Å². The Morgan fingerprint density at radius 2 is 1.76 bits per heavy atom. The Morgan fingerprint density at radius 3 is 2.42 bits per heavy atom. The molecule has 12 heteroatoms. The summed E-state index contributed by atoms with van der Waals surface area (Å²) in [5, 5.41) is 3.99. The summed E-state index contributed by atoms with van der Waals surface area (Å²) in [6.07, 6.45) is 5.98. The Kier molecular flexibility index (Phi) is 8.95. The van der Waals surface area contributed by atoms with Crippen LogP contribution in [0.15, 0.2) is 50.7 Å². The maximum atomic E-state index is 13.4. The monoisotopic (exact) mass is 560 g/mol. The Morgan fingerprint density at radius 1 is 1.05 bits per heavy atom. The van der Waals surface area contributed by atoms with Gasteiger partial charge in [0.05, 0.1) is 31.2 Å². The molecule has 1 amide bonds. The minimum atomic E-state index is -3.94. The zero-order valence-corrected chi connectivity index (χ0v) is 23.6. The van der Waals surface area contributed by atoms with E-state index in [0.29, 0.717) is 41.5 Å². The third-order valence-electron chi connectivity index (χ3n) is 6.47. The Bertz CT molecular complexity index is 1380. The number of aromatic nitrogens is 2. The molecule has 2 heterocycles. The number of ether oxygens (including phenoxy) is 2. The fourth-order valence-corrected chi connectivity index (χ4v) is 6.04. The fraction of sp³-hybridized carbons (Fsp3) is 0.423. The van der Waals surface area contributed by atoms with Crippen molar-refractivity contribution < 1.29 is 27.2 Å². The Hall–Kier alpha value is -3.09. The van der Waals surface area contributed by atoms with Crippen molar-refractivity contribution in [2.24, 2.45) is 0 Å². The number of carbonyl (C=O) groups excluding carboxylic acids is 1. The van der Waals surface area contributed by atoms with Gasteiger partial charge in [-0.25, -0.2) is 8.42 Å². The molecule has 3 aromatic rings. The summed E-state index contributed by atoms with van der Waals surface area (Å²) in [6, 6.07) is 9.89. The van der Waals surface area contributed by atoms with E-state index in [-0.39, 0.29) is 23.2 Å². The van der Waals surface area contributed by atoms with Gasteiger partial charge in [0.2, 0.25) is 21.7 Å². The molecule has 1 fully saturated rings. The van der Waals surface area contributed by atoms with Crippen LogP contribution >= 0.6 is 11.8 Å². The molecule has 38 heavy (non-hydrogen) atoms. The number of benzene rings is 2. The number of hydrogen-bond donors (Lipinski definition) is 0. The van der Waals surface area contributed by atoms with Crippen LogP contribution in [0.4, 0.5) is 0 Å². The standard InChI is InChI=1S/C26H32N4O6S2/c1-29(17-24-27-25(28-36-24)18-9-11-21(34-2)22(15-18)35-3)38(32,33)19-10-12-23(37-4)20(16-19)26(31)30-13-7-5-6-8-14-30/h9-12,15-16H,5-8,13-14,17H2,1-4H3. The van der Waals surface area contributed by atoms with Crippen LogP contribution in [0.2, 0.25) is 0 Å². The first-order valence-corrected chi connectivity index (χ1v) is 14.9. The van der Waals surface area contributed by atoms with Crippen molar-refractivity contribution in [3.63, 3.8) is 0 Å². The SMILES string of the molecule is COc1ccc(-c2noc(CN(C)S(=O)(=O)c3ccc(SC)c(C(=O)N4CCCCCC4)c3)n2)cc1OC. The molecule has 204 valence electrons. The molecule has 0 saturated carbocycles. The number of thioether (sulfide) groups is 1. The molecule has 1 aliphatic rings. The van der Waals surface area contributed by atoms with E-state index in [9.17, 15) is 13.2 Å². The van der Waals surface area contributed by atoms with Crippen molar-refractivity contribution in [3.05, 3.63) is 47.9 Å². The predicted molar refractivity (Wildman–Crippen MR) is 144 cm³/mol. The zero-order chi connectivity index (χ0) is 27.3. The van der Waals surface area contributed by atoms with Gasteiger partial charge in [-0.05, 0) is 55.5 Å². The van der Waals surface area contributed by atoms with Gasteiger partial charge < -0.3 is 18.9 Å². The summed E-state index contributed by atoms with van der Waals surface area (Å²) in [7, 11) is 0.571. The van der Waals surface area contributed by atoms with Crippen LogP contribution < -0.4 is 9.47 Å². The van der Waals surface area contributed by atoms with Gasteiger partial charge >= 0.3 is 0 Å². The van der Waals surface area contributed by atoms with E-state index in [4.69, 9.17) is 14.0 Å². The minimum Gasteiger partial charge on any atom is -0.493 e. The van der Waals surface area contributed by atoms with Crippen LogP contribution in [0.5, 0.6) is 11.5 Å². The van der Waals surface area contributed by atoms with Crippen LogP contribution in [0, 0.1) is 0 Å². The molecule has 0 atom stereocenters. The third-order valence-corrected chi connectivity index (χ3v) is 9.07. The smallest absolute Gasteiger partial charge is 0.255 e. The summed E-state index contributed by atoms with van der Waals surface area (Å²) < 4.78 is 43.9. The lowest BCUT2D eigenvalue weighted by Crippen LogP contribution is -2.32. The number of likely N-dealkylation sites (tertiary alicyclic amines) is 1. The average molecular weight is 561 g/mol. The number of amides is 1. The molecule has 0 aliphatic carbocycles. The third kappa shape index (κ3) is 5.97. The lowest BCUT2D eigenvalue weighted by Gasteiger charge is -2.22. The highest BCUT2D eigenvalue weighted by atomic mass is 32.2. The predicted octanol–water partition coefficient (Wildman–Crippen LogP) is 4.31. The maximum absolute atomic E-state index is 13.4. The molecule has 10 nitrogen and oxygen atoms in total. The molecule has 0 spiro atoms. The molecule has 0 N–H and O–H groups in total. The van der Waals surface area contributed by atoms with Crippen molar-refractivity contribution in [1.29, 1.82) is 0 Å². The molecule has 1 aliphatic heterocycles. The van der Waals surface area contributed by atoms with E-state index in [1.54, 1.807) is 31.4 Å². The number of nitrogens with zero attached hydrogens (tertiary/aromatic N) is 4. The largest absolute Gasteiger partial charge is 0.493 e. The second-order valence-corrected chi connectivity index (χ2v) is 11.8. The maximum Gasteiger partial charge on any atom is 0.255 e. The molecule has 0 bridgehead atoms. The van der Waals surface area contributed by atoms with Crippen molar-refractivity contribution in [3.8, 4) is 22.9 Å². The Balaban J connectivity index is 1.55. The molecular formula is C26H32N4O6S2. The van der Waals surface area contributed by atoms with Crippen LogP contribution in [0.25, 0.3) is 11.4 Å². The van der Waals surface area contributed by atoms with Gasteiger partial charge in [0, 0.05) is 30.6 Å². The highest BCUT2D eigenvalue weighted by Crippen LogP contribution is 2.32. The quantitative estimate of drug-likeness (QED) is 0.353. The molecule has 4 rings (SSSR count). The van der Waals surface area contributed by atoms with Crippen LogP contribution in [0.3, 0.4) is 0 Å². The lowest BCUT2D eigenvalue weighted by molar-refractivity contribution is 0.0758. The summed E-state index contributed by atoms with van der Waals surface area (Å²) in [5.41, 5.74) is 1.04. The van der Waals surface area contributed by atoms with Gasteiger partial charge in [-0.1, -0.05) is 18.0 Å². The number of methoxy groups -OCH3 is 2. The van der Waals surface area contributed by atoms with Crippen molar-refractivity contribution in [2.75, 3.05) is 40.6 Å². The van der Waals surface area contributed by atoms with E-state index >= 15 is 0 Å². The fourth-order valence-electron chi connectivity index (χ4n) is 4.33. The number of rotatable bonds is 9. The van der Waals surface area contributed by atoms with Gasteiger partial charge in [-0.3, -0.25) is 4.79 Å². The van der Waals surface area contributed by atoms with Crippen molar-refractivity contribution in [2.45, 2.75) is 42.0 Å². The molecule has 2 aromatic carbocycles.